The summed E-state index contributed by atoms with van der Waals surface area (Å²) in [6, 6.07) is 0. The highest BCUT2D eigenvalue weighted by Gasteiger charge is 2.07. The molecule has 0 aromatic carbocycles. The van der Waals surface area contributed by atoms with Gasteiger partial charge in [0.05, 0.1) is 6.42 Å². The van der Waals surface area contributed by atoms with Crippen LogP contribution in [0.15, 0.2) is 12.2 Å². The summed E-state index contributed by atoms with van der Waals surface area (Å²) >= 11 is 0. The van der Waals surface area contributed by atoms with Gasteiger partial charge in [-0.1, -0.05) is 31.9 Å². The van der Waals surface area contributed by atoms with Crippen LogP contribution in [0.5, 0.6) is 0 Å². The topological polar surface area (TPSA) is 89.9 Å². The third-order valence-electron chi connectivity index (χ3n) is 3.22. The molecule has 0 saturated heterocycles. The number of aliphatic hydroxyl groups excluding tert-OH is 1. The third kappa shape index (κ3) is 13.6. The Kier molecular flexibility index (Phi) is 13.6. The van der Waals surface area contributed by atoms with Crippen molar-refractivity contribution in [1.82, 2.24) is 10.2 Å². The third-order valence-corrected chi connectivity index (χ3v) is 3.22. The standard InChI is InChI=1S/C16H30N2O4/c1-2-3-4-5-6-8-15(20)17-10-13-18(11-7-14-19)12-9-16(21)22/h5-6,19H,2-4,7-14H2,1H3,(H,17,20)(H,21,22)/b6-5+. The van der Waals surface area contributed by atoms with E-state index in [4.69, 9.17) is 10.2 Å². The quantitative estimate of drug-likeness (QED) is 0.333. The molecule has 1 amide bonds. The number of hydrogen-bond donors (Lipinski definition) is 3. The second-order valence-electron chi connectivity index (χ2n) is 5.23. The maximum absolute atomic E-state index is 11.6. The van der Waals surface area contributed by atoms with Crippen molar-refractivity contribution in [3.63, 3.8) is 0 Å². The molecule has 0 aliphatic heterocycles. The van der Waals surface area contributed by atoms with Gasteiger partial charge in [0, 0.05) is 39.2 Å². The highest BCUT2D eigenvalue weighted by Crippen LogP contribution is 1.97. The molecule has 0 radical (unpaired) electrons. The lowest BCUT2D eigenvalue weighted by molar-refractivity contribution is -0.137. The summed E-state index contributed by atoms with van der Waals surface area (Å²) < 4.78 is 0. The molecule has 6 heteroatoms. The van der Waals surface area contributed by atoms with Crippen molar-refractivity contribution in [2.45, 2.75) is 45.4 Å². The molecule has 22 heavy (non-hydrogen) atoms. The molecule has 0 heterocycles. The Morgan fingerprint density at radius 2 is 1.91 bits per heavy atom. The van der Waals surface area contributed by atoms with Gasteiger partial charge in [-0.2, -0.15) is 0 Å². The van der Waals surface area contributed by atoms with Crippen molar-refractivity contribution >= 4 is 11.9 Å². The summed E-state index contributed by atoms with van der Waals surface area (Å²) in [5.74, 6) is -0.858. The first-order chi connectivity index (χ1) is 10.6. The summed E-state index contributed by atoms with van der Waals surface area (Å²) in [7, 11) is 0. The second kappa shape index (κ2) is 14.5. The SMILES string of the molecule is CCCC/C=C/CC(=O)NCCN(CCCO)CCC(=O)O. The lowest BCUT2D eigenvalue weighted by Gasteiger charge is -2.21. The summed E-state index contributed by atoms with van der Waals surface area (Å²) in [6.45, 7) is 4.37. The van der Waals surface area contributed by atoms with Crippen molar-refractivity contribution in [3.8, 4) is 0 Å². The zero-order chi connectivity index (χ0) is 16.6. The van der Waals surface area contributed by atoms with E-state index in [-0.39, 0.29) is 18.9 Å². The van der Waals surface area contributed by atoms with Crippen LogP contribution in [0, 0.1) is 0 Å². The van der Waals surface area contributed by atoms with Gasteiger partial charge < -0.3 is 20.4 Å². The smallest absolute Gasteiger partial charge is 0.304 e. The Balaban J connectivity index is 3.86. The van der Waals surface area contributed by atoms with Crippen LogP contribution in [0.25, 0.3) is 0 Å². The normalized spacial score (nSPS) is 11.2. The Hall–Kier alpha value is -1.40. The molecule has 0 rings (SSSR count). The predicted octanol–water partition coefficient (Wildman–Crippen LogP) is 1.40. The van der Waals surface area contributed by atoms with Gasteiger partial charge in [0.2, 0.25) is 5.91 Å². The first-order valence-corrected chi connectivity index (χ1v) is 8.06. The lowest BCUT2D eigenvalue weighted by atomic mass is 10.2. The van der Waals surface area contributed by atoms with Gasteiger partial charge in [-0.25, -0.2) is 0 Å². The van der Waals surface area contributed by atoms with Crippen LogP contribution in [0.3, 0.4) is 0 Å². The lowest BCUT2D eigenvalue weighted by Crippen LogP contribution is -2.36. The minimum atomic E-state index is -0.838. The first kappa shape index (κ1) is 20.6. The summed E-state index contributed by atoms with van der Waals surface area (Å²) in [5, 5.41) is 20.4. The molecule has 0 aliphatic rings. The molecule has 0 unspecified atom stereocenters. The zero-order valence-electron chi connectivity index (χ0n) is 13.6. The molecule has 3 N–H and O–H groups in total. The Morgan fingerprint density at radius 3 is 2.55 bits per heavy atom. The number of carboxylic acid groups (broad SMARTS) is 1. The number of carbonyl (C=O) groups excluding carboxylic acids is 1. The fraction of sp³-hybridized carbons (Fsp3) is 0.750. The number of carboxylic acids is 1. The fourth-order valence-corrected chi connectivity index (χ4v) is 1.94. The van der Waals surface area contributed by atoms with E-state index >= 15 is 0 Å². The number of aliphatic carboxylic acids is 1. The molecular weight excluding hydrogens is 284 g/mol. The fourth-order valence-electron chi connectivity index (χ4n) is 1.94. The average molecular weight is 314 g/mol. The van der Waals surface area contributed by atoms with Crippen LogP contribution in [-0.2, 0) is 9.59 Å². The van der Waals surface area contributed by atoms with Crippen LogP contribution in [0.2, 0.25) is 0 Å². The summed E-state index contributed by atoms with van der Waals surface area (Å²) in [6.07, 6.45) is 8.27. The monoisotopic (exact) mass is 314 g/mol. The Morgan fingerprint density at radius 1 is 1.14 bits per heavy atom. The number of aliphatic hydroxyl groups is 1. The number of unbranched alkanes of at least 4 members (excludes halogenated alkanes) is 2. The average Bonchev–Trinajstić information content (AvgIpc) is 2.49. The Bertz CT molecular complexity index is 332. The molecule has 0 aromatic heterocycles. The summed E-state index contributed by atoms with van der Waals surface area (Å²) in [5.41, 5.74) is 0. The molecule has 128 valence electrons. The molecule has 0 aliphatic carbocycles. The van der Waals surface area contributed by atoms with E-state index in [1.807, 2.05) is 17.1 Å². The maximum atomic E-state index is 11.6. The number of rotatable bonds is 14. The number of hydrogen-bond acceptors (Lipinski definition) is 4. The number of allylic oxidation sites excluding steroid dienone is 1. The van der Waals surface area contributed by atoms with Crippen molar-refractivity contribution in [1.29, 1.82) is 0 Å². The van der Waals surface area contributed by atoms with Crippen LogP contribution >= 0.6 is 0 Å². The van der Waals surface area contributed by atoms with Gasteiger partial charge >= 0.3 is 5.97 Å². The minimum absolute atomic E-state index is 0.0203. The van der Waals surface area contributed by atoms with E-state index in [1.54, 1.807) is 0 Å². The molecule has 0 spiro atoms. The number of amides is 1. The van der Waals surface area contributed by atoms with Gasteiger partial charge in [0.15, 0.2) is 0 Å². The van der Waals surface area contributed by atoms with Gasteiger partial charge in [-0.15, -0.1) is 0 Å². The maximum Gasteiger partial charge on any atom is 0.304 e. The van der Waals surface area contributed by atoms with Crippen molar-refractivity contribution < 1.29 is 19.8 Å². The van der Waals surface area contributed by atoms with Gasteiger partial charge in [-0.05, 0) is 12.8 Å². The van der Waals surface area contributed by atoms with E-state index in [2.05, 4.69) is 12.2 Å². The predicted molar refractivity (Wildman–Crippen MR) is 86.7 cm³/mol. The number of carbonyl (C=O) groups is 2. The molecule has 0 bridgehead atoms. The molecule has 0 atom stereocenters. The van der Waals surface area contributed by atoms with Crippen molar-refractivity contribution in [2.24, 2.45) is 0 Å². The Labute approximate surface area is 133 Å². The van der Waals surface area contributed by atoms with Crippen LogP contribution in [0.1, 0.15) is 45.4 Å². The minimum Gasteiger partial charge on any atom is -0.481 e. The van der Waals surface area contributed by atoms with E-state index < -0.39 is 5.97 Å². The van der Waals surface area contributed by atoms with Gasteiger partial charge in [0.25, 0.3) is 0 Å². The van der Waals surface area contributed by atoms with E-state index in [1.165, 1.54) is 0 Å². The van der Waals surface area contributed by atoms with E-state index in [9.17, 15) is 9.59 Å². The van der Waals surface area contributed by atoms with Crippen molar-refractivity contribution in [2.75, 3.05) is 32.8 Å². The molecule has 6 nitrogen and oxygen atoms in total. The van der Waals surface area contributed by atoms with E-state index in [0.29, 0.717) is 39.0 Å². The molecule has 0 aromatic rings. The van der Waals surface area contributed by atoms with Crippen LogP contribution in [-0.4, -0.2) is 59.8 Å². The number of nitrogens with one attached hydrogen (secondary N) is 1. The largest absolute Gasteiger partial charge is 0.481 e. The van der Waals surface area contributed by atoms with Crippen LogP contribution < -0.4 is 5.32 Å². The highest BCUT2D eigenvalue weighted by atomic mass is 16.4. The highest BCUT2D eigenvalue weighted by molar-refractivity contribution is 5.77. The molecule has 0 saturated carbocycles. The first-order valence-electron chi connectivity index (χ1n) is 8.06. The van der Waals surface area contributed by atoms with Crippen molar-refractivity contribution in [3.05, 3.63) is 12.2 Å². The van der Waals surface area contributed by atoms with Gasteiger partial charge in [0.1, 0.15) is 0 Å². The number of nitrogens with zero attached hydrogens (tertiary/aromatic N) is 1. The molecular formula is C16H30N2O4. The van der Waals surface area contributed by atoms with Crippen LogP contribution in [0.4, 0.5) is 0 Å². The summed E-state index contributed by atoms with van der Waals surface area (Å²) in [4.78, 5) is 24.2. The van der Waals surface area contributed by atoms with Gasteiger partial charge in [-0.3, -0.25) is 9.59 Å². The molecule has 0 fully saturated rings. The second-order valence-corrected chi connectivity index (χ2v) is 5.23. The zero-order valence-corrected chi connectivity index (χ0v) is 13.6. The van der Waals surface area contributed by atoms with E-state index in [0.717, 1.165) is 19.3 Å².